The van der Waals surface area contributed by atoms with Gasteiger partial charge in [0, 0.05) is 17.9 Å². The first kappa shape index (κ1) is 18.3. The van der Waals surface area contributed by atoms with E-state index >= 15 is 0 Å². The van der Waals surface area contributed by atoms with Gasteiger partial charge in [-0.25, -0.2) is 4.79 Å². The standard InChI is InChI=1S/C18H25N3O2S/c1-5-21-12(4)15(17(22)23-10-11(2)3)16(20-18(21)24)13-7-6-8-14(19)9-13/h6-9,11,16H,5,10,19H2,1-4H3,(H,20,24)/t16-/m0/s1. The molecule has 3 N–H and O–H groups in total. The van der Waals surface area contributed by atoms with E-state index in [0.717, 1.165) is 11.3 Å². The van der Waals surface area contributed by atoms with Crippen LogP contribution in [0.25, 0.3) is 0 Å². The van der Waals surface area contributed by atoms with E-state index in [4.69, 9.17) is 22.7 Å². The van der Waals surface area contributed by atoms with Crippen LogP contribution in [0, 0.1) is 5.92 Å². The predicted molar refractivity (Wildman–Crippen MR) is 100 cm³/mol. The number of nitrogen functional groups attached to an aromatic ring is 1. The van der Waals surface area contributed by atoms with Crippen LogP contribution in [0.5, 0.6) is 0 Å². The van der Waals surface area contributed by atoms with Crippen molar-refractivity contribution in [3.05, 3.63) is 41.1 Å². The Morgan fingerprint density at radius 3 is 2.75 bits per heavy atom. The van der Waals surface area contributed by atoms with Crippen molar-refractivity contribution in [3.63, 3.8) is 0 Å². The Hall–Kier alpha value is -2.08. The van der Waals surface area contributed by atoms with Crippen LogP contribution in [0.1, 0.15) is 39.3 Å². The molecule has 1 aromatic carbocycles. The van der Waals surface area contributed by atoms with Crippen LogP contribution in [-0.4, -0.2) is 29.1 Å². The van der Waals surface area contributed by atoms with Crippen molar-refractivity contribution in [2.45, 2.75) is 33.7 Å². The summed E-state index contributed by atoms with van der Waals surface area (Å²) in [5.74, 6) is -0.0392. The largest absolute Gasteiger partial charge is 0.462 e. The summed E-state index contributed by atoms with van der Waals surface area (Å²) in [5, 5.41) is 3.85. The molecule has 1 aliphatic heterocycles. The van der Waals surface area contributed by atoms with Crippen LogP contribution in [0.4, 0.5) is 5.69 Å². The van der Waals surface area contributed by atoms with Crippen molar-refractivity contribution in [1.29, 1.82) is 0 Å². The first-order valence-electron chi connectivity index (χ1n) is 8.16. The zero-order valence-corrected chi connectivity index (χ0v) is 15.4. The molecule has 130 valence electrons. The number of carbonyl (C=O) groups excluding carboxylic acids is 1. The summed E-state index contributed by atoms with van der Waals surface area (Å²) in [5.41, 5.74) is 8.84. The molecule has 1 atom stereocenters. The molecule has 0 aromatic heterocycles. The maximum atomic E-state index is 12.7. The third-order valence-corrected chi connectivity index (χ3v) is 4.26. The van der Waals surface area contributed by atoms with E-state index in [2.05, 4.69) is 5.32 Å². The highest BCUT2D eigenvalue weighted by molar-refractivity contribution is 7.80. The van der Waals surface area contributed by atoms with Crippen molar-refractivity contribution in [2.24, 2.45) is 5.92 Å². The average molecular weight is 347 g/mol. The summed E-state index contributed by atoms with van der Waals surface area (Å²) in [6, 6.07) is 7.11. The lowest BCUT2D eigenvalue weighted by Gasteiger charge is -2.37. The number of thiocarbonyl (C=S) groups is 1. The lowest BCUT2D eigenvalue weighted by Crippen LogP contribution is -2.47. The van der Waals surface area contributed by atoms with Gasteiger partial charge in [-0.1, -0.05) is 26.0 Å². The van der Waals surface area contributed by atoms with Gasteiger partial charge in [0.1, 0.15) is 0 Å². The molecule has 24 heavy (non-hydrogen) atoms. The Balaban J connectivity index is 2.45. The molecular weight excluding hydrogens is 322 g/mol. The maximum Gasteiger partial charge on any atom is 0.338 e. The SMILES string of the molecule is CCN1C(=S)N[C@@H](c2cccc(N)c2)C(C(=O)OCC(C)C)=C1C. The van der Waals surface area contributed by atoms with Gasteiger partial charge in [0.15, 0.2) is 5.11 Å². The number of nitrogens with two attached hydrogens (primary N) is 1. The smallest absolute Gasteiger partial charge is 0.338 e. The summed E-state index contributed by atoms with van der Waals surface area (Å²) in [6.45, 7) is 8.99. The number of nitrogens with zero attached hydrogens (tertiary/aromatic N) is 1. The fourth-order valence-electron chi connectivity index (χ4n) is 2.74. The fraction of sp³-hybridized carbons (Fsp3) is 0.444. The van der Waals surface area contributed by atoms with Gasteiger partial charge in [0.25, 0.3) is 0 Å². The average Bonchev–Trinajstić information content (AvgIpc) is 2.52. The Morgan fingerprint density at radius 2 is 2.17 bits per heavy atom. The van der Waals surface area contributed by atoms with Gasteiger partial charge in [-0.2, -0.15) is 0 Å². The molecule has 2 rings (SSSR count). The number of carbonyl (C=O) groups is 1. The number of nitrogens with one attached hydrogen (secondary N) is 1. The van der Waals surface area contributed by atoms with Crippen molar-refractivity contribution >= 4 is 29.0 Å². The molecule has 0 spiro atoms. The van der Waals surface area contributed by atoms with Crippen LogP contribution in [0.3, 0.4) is 0 Å². The van der Waals surface area contributed by atoms with Crippen LogP contribution in [-0.2, 0) is 9.53 Å². The summed E-state index contributed by atoms with van der Waals surface area (Å²) in [6.07, 6.45) is 0. The van der Waals surface area contributed by atoms with Gasteiger partial charge in [-0.15, -0.1) is 0 Å². The minimum absolute atomic E-state index is 0.278. The molecule has 0 aliphatic carbocycles. The number of benzene rings is 1. The molecule has 0 saturated carbocycles. The van der Waals surface area contributed by atoms with Crippen LogP contribution < -0.4 is 11.1 Å². The van der Waals surface area contributed by atoms with Crippen molar-refractivity contribution in [3.8, 4) is 0 Å². The van der Waals surface area contributed by atoms with Crippen molar-refractivity contribution in [2.75, 3.05) is 18.9 Å². The summed E-state index contributed by atoms with van der Waals surface area (Å²) in [4.78, 5) is 14.6. The highest BCUT2D eigenvalue weighted by atomic mass is 32.1. The van der Waals surface area contributed by atoms with Crippen molar-refractivity contribution in [1.82, 2.24) is 10.2 Å². The van der Waals surface area contributed by atoms with Crippen LogP contribution in [0.2, 0.25) is 0 Å². The van der Waals surface area contributed by atoms with Gasteiger partial charge >= 0.3 is 5.97 Å². The van der Waals surface area contributed by atoms with Gasteiger partial charge in [0.05, 0.1) is 18.2 Å². The molecule has 0 saturated heterocycles. The van der Waals surface area contributed by atoms with Crippen molar-refractivity contribution < 1.29 is 9.53 Å². The van der Waals surface area contributed by atoms with E-state index in [9.17, 15) is 4.79 Å². The van der Waals surface area contributed by atoms with Crippen LogP contribution >= 0.6 is 12.2 Å². The van der Waals surface area contributed by atoms with E-state index < -0.39 is 0 Å². The van der Waals surface area contributed by atoms with E-state index in [1.54, 1.807) is 0 Å². The Morgan fingerprint density at radius 1 is 1.46 bits per heavy atom. The molecule has 0 radical (unpaired) electrons. The topological polar surface area (TPSA) is 67.6 Å². The Bertz CT molecular complexity index is 670. The minimum atomic E-state index is -0.358. The van der Waals surface area contributed by atoms with Gasteiger partial charge in [-0.3, -0.25) is 0 Å². The summed E-state index contributed by atoms with van der Waals surface area (Å²) < 4.78 is 5.49. The maximum absolute atomic E-state index is 12.7. The summed E-state index contributed by atoms with van der Waals surface area (Å²) in [7, 11) is 0. The number of esters is 1. The number of hydrogen-bond acceptors (Lipinski definition) is 4. The zero-order chi connectivity index (χ0) is 17.9. The molecular formula is C18H25N3O2S. The lowest BCUT2D eigenvalue weighted by molar-refractivity contribution is -0.140. The van der Waals surface area contributed by atoms with Gasteiger partial charge in [0.2, 0.25) is 0 Å². The van der Waals surface area contributed by atoms with Crippen LogP contribution in [0.15, 0.2) is 35.5 Å². The lowest BCUT2D eigenvalue weighted by atomic mass is 9.94. The monoisotopic (exact) mass is 347 g/mol. The normalized spacial score (nSPS) is 18.0. The molecule has 0 bridgehead atoms. The van der Waals surface area contributed by atoms with Gasteiger partial charge in [-0.05, 0) is 49.7 Å². The molecule has 1 aliphatic rings. The zero-order valence-electron chi connectivity index (χ0n) is 14.6. The predicted octanol–water partition coefficient (Wildman–Crippen LogP) is 2.99. The van der Waals surface area contributed by atoms with Gasteiger partial charge < -0.3 is 20.7 Å². The van der Waals surface area contributed by atoms with E-state index in [-0.39, 0.29) is 17.9 Å². The van der Waals surface area contributed by atoms with E-state index in [1.807, 2.05) is 56.9 Å². The van der Waals surface area contributed by atoms with E-state index in [1.165, 1.54) is 0 Å². The number of ether oxygens (including phenoxy) is 1. The second-order valence-corrected chi connectivity index (χ2v) is 6.67. The first-order valence-corrected chi connectivity index (χ1v) is 8.57. The minimum Gasteiger partial charge on any atom is -0.462 e. The molecule has 0 fully saturated rings. The number of hydrogen-bond donors (Lipinski definition) is 2. The highest BCUT2D eigenvalue weighted by Crippen LogP contribution is 2.32. The Labute approximate surface area is 148 Å². The fourth-order valence-corrected chi connectivity index (χ4v) is 3.12. The third-order valence-electron chi connectivity index (χ3n) is 3.92. The molecule has 0 amide bonds. The van der Waals surface area contributed by atoms with E-state index in [0.29, 0.717) is 29.5 Å². The number of allylic oxidation sites excluding steroid dienone is 1. The number of rotatable bonds is 5. The Kier molecular flexibility index (Phi) is 5.83. The first-order chi connectivity index (χ1) is 11.3. The quantitative estimate of drug-likeness (QED) is 0.485. The molecule has 5 nitrogen and oxygen atoms in total. The molecule has 6 heteroatoms. The molecule has 1 heterocycles. The third kappa shape index (κ3) is 3.87. The number of anilines is 1. The molecule has 0 unspecified atom stereocenters. The molecule has 1 aromatic rings. The summed E-state index contributed by atoms with van der Waals surface area (Å²) >= 11 is 5.46. The highest BCUT2D eigenvalue weighted by Gasteiger charge is 2.34. The second kappa shape index (κ2) is 7.66. The second-order valence-electron chi connectivity index (χ2n) is 6.29.